The molecule has 90 valence electrons. The fourth-order valence-corrected chi connectivity index (χ4v) is 0.988. The third-order valence-electron chi connectivity index (χ3n) is 1.81. The molecule has 0 aliphatic carbocycles. The van der Waals surface area contributed by atoms with Crippen LogP contribution in [0.15, 0.2) is 0 Å². The summed E-state index contributed by atoms with van der Waals surface area (Å²) >= 11 is 0. The van der Waals surface area contributed by atoms with Crippen molar-refractivity contribution < 1.29 is 19.0 Å². The third-order valence-corrected chi connectivity index (χ3v) is 1.81. The van der Waals surface area contributed by atoms with Gasteiger partial charge in [0.15, 0.2) is 0 Å². The van der Waals surface area contributed by atoms with E-state index in [0.717, 1.165) is 26.1 Å². The minimum absolute atomic E-state index is 0.172. The van der Waals surface area contributed by atoms with Gasteiger partial charge in [0, 0.05) is 40.0 Å². The Balaban J connectivity index is 2.89. The Labute approximate surface area is 91.9 Å². The maximum Gasteiger partial charge on any atom is 0.132 e. The van der Waals surface area contributed by atoms with E-state index < -0.39 is 0 Å². The van der Waals surface area contributed by atoms with Crippen molar-refractivity contribution in [3.63, 3.8) is 0 Å². The van der Waals surface area contributed by atoms with Crippen LogP contribution in [0.5, 0.6) is 0 Å². The lowest BCUT2D eigenvalue weighted by molar-refractivity contribution is -0.118. The molecule has 0 unspecified atom stereocenters. The number of ketones is 1. The Hall–Kier alpha value is -0.450. The average molecular weight is 218 g/mol. The first-order valence-electron chi connectivity index (χ1n) is 5.41. The summed E-state index contributed by atoms with van der Waals surface area (Å²) in [6.07, 6.45) is 2.32. The highest BCUT2D eigenvalue weighted by molar-refractivity contribution is 5.75. The molecule has 0 atom stereocenters. The first-order chi connectivity index (χ1) is 7.27. The molecule has 0 aromatic rings. The van der Waals surface area contributed by atoms with Crippen LogP contribution in [0.2, 0.25) is 0 Å². The highest BCUT2D eigenvalue weighted by atomic mass is 16.5. The second-order valence-corrected chi connectivity index (χ2v) is 3.38. The molecule has 0 fully saturated rings. The minimum Gasteiger partial charge on any atom is -0.385 e. The van der Waals surface area contributed by atoms with Gasteiger partial charge >= 0.3 is 0 Å². The number of ether oxygens (including phenoxy) is 3. The Kier molecular flexibility index (Phi) is 11.3. The van der Waals surface area contributed by atoms with Crippen molar-refractivity contribution in [2.75, 3.05) is 40.1 Å². The summed E-state index contributed by atoms with van der Waals surface area (Å²) in [5, 5.41) is 0. The summed E-state index contributed by atoms with van der Waals surface area (Å²) in [5.74, 6) is 0.172. The van der Waals surface area contributed by atoms with E-state index in [2.05, 4.69) is 0 Å². The summed E-state index contributed by atoms with van der Waals surface area (Å²) in [7, 11) is 1.68. The summed E-state index contributed by atoms with van der Waals surface area (Å²) in [5.41, 5.74) is 0. The van der Waals surface area contributed by atoms with Gasteiger partial charge in [0.05, 0.1) is 6.61 Å². The van der Waals surface area contributed by atoms with Gasteiger partial charge in [-0.2, -0.15) is 0 Å². The lowest BCUT2D eigenvalue weighted by Crippen LogP contribution is -2.05. The summed E-state index contributed by atoms with van der Waals surface area (Å²) in [6.45, 7) is 4.96. The van der Waals surface area contributed by atoms with Gasteiger partial charge in [0.25, 0.3) is 0 Å². The summed E-state index contributed by atoms with van der Waals surface area (Å²) < 4.78 is 15.5. The van der Waals surface area contributed by atoms with Crippen molar-refractivity contribution >= 4 is 5.78 Å². The van der Waals surface area contributed by atoms with Crippen LogP contribution in [0.25, 0.3) is 0 Å². The fourth-order valence-electron chi connectivity index (χ4n) is 0.988. The molecule has 15 heavy (non-hydrogen) atoms. The Bertz CT molecular complexity index is 148. The van der Waals surface area contributed by atoms with E-state index in [-0.39, 0.29) is 5.78 Å². The number of rotatable bonds is 11. The predicted octanol–water partition coefficient (Wildman–Crippen LogP) is 1.43. The van der Waals surface area contributed by atoms with Crippen LogP contribution >= 0.6 is 0 Å². The standard InChI is InChI=1S/C11H22O4/c1-11(12)5-10-15-9-4-8-14-7-3-6-13-2/h3-10H2,1-2H3. The van der Waals surface area contributed by atoms with Gasteiger partial charge in [0.1, 0.15) is 5.78 Å². The van der Waals surface area contributed by atoms with Crippen molar-refractivity contribution in [2.24, 2.45) is 0 Å². The average Bonchev–Trinajstić information content (AvgIpc) is 2.20. The van der Waals surface area contributed by atoms with E-state index in [1.807, 2.05) is 0 Å². The molecule has 4 nitrogen and oxygen atoms in total. The van der Waals surface area contributed by atoms with Gasteiger partial charge in [-0.25, -0.2) is 0 Å². The Morgan fingerprint density at radius 1 is 0.933 bits per heavy atom. The first-order valence-corrected chi connectivity index (χ1v) is 5.41. The Morgan fingerprint density at radius 2 is 1.47 bits per heavy atom. The maximum absolute atomic E-state index is 10.6. The number of hydrogen-bond donors (Lipinski definition) is 0. The molecule has 0 heterocycles. The summed E-state index contributed by atoms with van der Waals surface area (Å²) in [6, 6.07) is 0. The van der Waals surface area contributed by atoms with Gasteiger partial charge in [-0.15, -0.1) is 0 Å². The molecule has 0 radical (unpaired) electrons. The van der Waals surface area contributed by atoms with Gasteiger partial charge in [-0.1, -0.05) is 0 Å². The largest absolute Gasteiger partial charge is 0.385 e. The van der Waals surface area contributed by atoms with Crippen LogP contribution in [-0.4, -0.2) is 45.9 Å². The summed E-state index contributed by atoms with van der Waals surface area (Å²) in [4.78, 5) is 10.6. The van der Waals surface area contributed by atoms with Crippen LogP contribution in [0, 0.1) is 0 Å². The predicted molar refractivity (Wildman–Crippen MR) is 58.0 cm³/mol. The maximum atomic E-state index is 10.6. The van der Waals surface area contributed by atoms with E-state index in [0.29, 0.717) is 26.2 Å². The van der Waals surface area contributed by atoms with Crippen molar-refractivity contribution in [3.8, 4) is 0 Å². The highest BCUT2D eigenvalue weighted by Gasteiger charge is 1.94. The van der Waals surface area contributed by atoms with Gasteiger partial charge in [-0.05, 0) is 19.8 Å². The zero-order valence-electron chi connectivity index (χ0n) is 9.79. The van der Waals surface area contributed by atoms with Crippen LogP contribution < -0.4 is 0 Å². The zero-order valence-corrected chi connectivity index (χ0v) is 9.79. The second-order valence-electron chi connectivity index (χ2n) is 3.38. The molecule has 0 N–H and O–H groups in total. The van der Waals surface area contributed by atoms with Crippen molar-refractivity contribution in [1.82, 2.24) is 0 Å². The lowest BCUT2D eigenvalue weighted by atomic mass is 10.3. The molecule has 0 saturated carbocycles. The Morgan fingerprint density at radius 3 is 2.00 bits per heavy atom. The molecule has 0 aromatic carbocycles. The normalized spacial score (nSPS) is 10.5. The number of hydrogen-bond acceptors (Lipinski definition) is 4. The smallest absolute Gasteiger partial charge is 0.132 e. The van der Waals surface area contributed by atoms with Crippen molar-refractivity contribution in [3.05, 3.63) is 0 Å². The fraction of sp³-hybridized carbons (Fsp3) is 0.909. The lowest BCUT2D eigenvalue weighted by Gasteiger charge is -2.04. The molecule has 0 aliphatic rings. The SMILES string of the molecule is COCCCOCCCOCCC(C)=O. The molecule has 0 amide bonds. The topological polar surface area (TPSA) is 44.8 Å². The van der Waals surface area contributed by atoms with Crippen LogP contribution in [0.3, 0.4) is 0 Å². The number of carbonyl (C=O) groups is 1. The van der Waals surface area contributed by atoms with E-state index in [1.165, 1.54) is 0 Å². The molecule has 0 aliphatic heterocycles. The molecule has 0 rings (SSSR count). The minimum atomic E-state index is 0.172. The van der Waals surface area contributed by atoms with Crippen LogP contribution in [0.4, 0.5) is 0 Å². The number of methoxy groups -OCH3 is 1. The molecule has 0 spiro atoms. The molecule has 0 saturated heterocycles. The molecule has 0 bridgehead atoms. The van der Waals surface area contributed by atoms with Crippen LogP contribution in [0.1, 0.15) is 26.2 Å². The quantitative estimate of drug-likeness (QED) is 0.492. The van der Waals surface area contributed by atoms with Gasteiger partial charge in [-0.3, -0.25) is 4.79 Å². The van der Waals surface area contributed by atoms with Crippen LogP contribution in [-0.2, 0) is 19.0 Å². The van der Waals surface area contributed by atoms with Gasteiger partial charge < -0.3 is 14.2 Å². The van der Waals surface area contributed by atoms with Gasteiger partial charge in [0.2, 0.25) is 0 Å². The number of carbonyl (C=O) groups excluding carboxylic acids is 1. The number of Topliss-reactive ketones (excluding diaryl/α,β-unsaturated/α-hetero) is 1. The van der Waals surface area contributed by atoms with E-state index in [1.54, 1.807) is 14.0 Å². The third kappa shape index (κ3) is 13.6. The second kappa shape index (κ2) is 11.6. The van der Waals surface area contributed by atoms with Crippen molar-refractivity contribution in [1.29, 1.82) is 0 Å². The molecule has 4 heteroatoms. The van der Waals surface area contributed by atoms with E-state index in [9.17, 15) is 4.79 Å². The monoisotopic (exact) mass is 218 g/mol. The van der Waals surface area contributed by atoms with E-state index >= 15 is 0 Å². The molecule has 0 aromatic heterocycles. The van der Waals surface area contributed by atoms with Crippen molar-refractivity contribution in [2.45, 2.75) is 26.2 Å². The first kappa shape index (κ1) is 14.6. The zero-order chi connectivity index (χ0) is 11.4. The molecular weight excluding hydrogens is 196 g/mol. The van der Waals surface area contributed by atoms with E-state index in [4.69, 9.17) is 14.2 Å². The highest BCUT2D eigenvalue weighted by Crippen LogP contribution is 1.90. The molecular formula is C11H22O4.